The highest BCUT2D eigenvalue weighted by atomic mass is 16.3. The van der Waals surface area contributed by atoms with Gasteiger partial charge in [-0.3, -0.25) is 4.90 Å². The maximum atomic E-state index is 10.7. The van der Waals surface area contributed by atoms with Gasteiger partial charge in [-0.25, -0.2) is 4.68 Å². The summed E-state index contributed by atoms with van der Waals surface area (Å²) in [5.41, 5.74) is 0.923. The summed E-state index contributed by atoms with van der Waals surface area (Å²) >= 11 is 0. The van der Waals surface area contributed by atoms with Crippen LogP contribution in [0.5, 0.6) is 0 Å². The second-order valence-electron chi connectivity index (χ2n) is 6.32. The van der Waals surface area contributed by atoms with Gasteiger partial charge in [0.25, 0.3) is 0 Å². The van der Waals surface area contributed by atoms with E-state index in [4.69, 9.17) is 0 Å². The third-order valence-electron chi connectivity index (χ3n) is 4.73. The van der Waals surface area contributed by atoms with E-state index in [-0.39, 0.29) is 6.04 Å². The number of likely N-dealkylation sites (tertiary alicyclic amines) is 1. The maximum Gasteiger partial charge on any atom is 0.0934 e. The first-order valence-electron chi connectivity index (χ1n) is 8.14. The Labute approximate surface area is 139 Å². The maximum absolute atomic E-state index is 10.7. The summed E-state index contributed by atoms with van der Waals surface area (Å²) in [5, 5.41) is 31.0. The van der Waals surface area contributed by atoms with E-state index in [0.29, 0.717) is 19.6 Å². The van der Waals surface area contributed by atoms with Crippen molar-refractivity contribution < 1.29 is 10.2 Å². The van der Waals surface area contributed by atoms with Gasteiger partial charge < -0.3 is 10.2 Å². The molecule has 3 aromatic rings. The summed E-state index contributed by atoms with van der Waals surface area (Å²) < 4.78 is 1.69. The standard InChI is InChI=1S/C18H20N4O2/c23-17(15-7-3-5-13-4-1-2-6-14(13)15)11-21-10-16(18(24)12-21)22-9-8-19-20-22/h1-9,16-18,23-24H,10-12H2/t16-,17+,18-/m1/s1. The summed E-state index contributed by atoms with van der Waals surface area (Å²) in [4.78, 5) is 2.07. The van der Waals surface area contributed by atoms with Crippen LogP contribution in [0.15, 0.2) is 54.9 Å². The van der Waals surface area contributed by atoms with Crippen LogP contribution in [-0.4, -0.2) is 55.8 Å². The summed E-state index contributed by atoms with van der Waals surface area (Å²) in [5.74, 6) is 0. The summed E-state index contributed by atoms with van der Waals surface area (Å²) in [7, 11) is 0. The van der Waals surface area contributed by atoms with Gasteiger partial charge in [-0.1, -0.05) is 47.7 Å². The Morgan fingerprint density at radius 3 is 2.79 bits per heavy atom. The predicted octanol–water partition coefficient (Wildman–Crippen LogP) is 1.38. The van der Waals surface area contributed by atoms with E-state index >= 15 is 0 Å². The number of aromatic nitrogens is 3. The number of aliphatic hydroxyl groups is 2. The number of aliphatic hydroxyl groups excluding tert-OH is 2. The van der Waals surface area contributed by atoms with Gasteiger partial charge in [0.15, 0.2) is 0 Å². The molecule has 124 valence electrons. The minimum atomic E-state index is -0.599. The fourth-order valence-electron chi connectivity index (χ4n) is 3.53. The molecule has 3 atom stereocenters. The smallest absolute Gasteiger partial charge is 0.0934 e. The van der Waals surface area contributed by atoms with Crippen LogP contribution in [-0.2, 0) is 0 Å². The van der Waals surface area contributed by atoms with Crippen LogP contribution < -0.4 is 0 Å². The number of β-amino-alcohol motifs (C(OH)–C–C–N with tert-alkyl or cyclic N) is 2. The molecular formula is C18H20N4O2. The van der Waals surface area contributed by atoms with E-state index in [1.54, 1.807) is 17.1 Å². The lowest BCUT2D eigenvalue weighted by atomic mass is 10.0. The minimum Gasteiger partial charge on any atom is -0.390 e. The zero-order chi connectivity index (χ0) is 16.5. The van der Waals surface area contributed by atoms with Crippen LogP contribution in [0.1, 0.15) is 17.7 Å². The molecule has 2 heterocycles. The zero-order valence-electron chi connectivity index (χ0n) is 13.2. The Balaban J connectivity index is 1.51. The second-order valence-corrected chi connectivity index (χ2v) is 6.32. The second kappa shape index (κ2) is 6.32. The van der Waals surface area contributed by atoms with E-state index < -0.39 is 12.2 Å². The molecule has 24 heavy (non-hydrogen) atoms. The number of rotatable bonds is 4. The quantitative estimate of drug-likeness (QED) is 0.758. The van der Waals surface area contributed by atoms with Crippen molar-refractivity contribution in [3.63, 3.8) is 0 Å². The van der Waals surface area contributed by atoms with Crippen LogP contribution in [0.3, 0.4) is 0 Å². The van der Waals surface area contributed by atoms with Crippen LogP contribution in [0.2, 0.25) is 0 Å². The largest absolute Gasteiger partial charge is 0.390 e. The van der Waals surface area contributed by atoms with Crippen LogP contribution in [0.4, 0.5) is 0 Å². The number of hydrogen-bond acceptors (Lipinski definition) is 5. The average Bonchev–Trinajstić information content (AvgIpc) is 3.23. The zero-order valence-corrected chi connectivity index (χ0v) is 13.2. The van der Waals surface area contributed by atoms with Crippen molar-refractivity contribution in [2.45, 2.75) is 18.2 Å². The summed E-state index contributed by atoms with van der Waals surface area (Å²) in [6.07, 6.45) is 2.27. The Morgan fingerprint density at radius 2 is 1.96 bits per heavy atom. The van der Waals surface area contributed by atoms with Crippen molar-refractivity contribution in [3.05, 3.63) is 60.4 Å². The molecule has 0 radical (unpaired) electrons. The Kier molecular flexibility index (Phi) is 4.02. The Morgan fingerprint density at radius 1 is 1.12 bits per heavy atom. The molecule has 1 aliphatic rings. The first-order chi connectivity index (χ1) is 11.7. The number of hydrogen-bond donors (Lipinski definition) is 2. The molecule has 0 spiro atoms. The van der Waals surface area contributed by atoms with Crippen LogP contribution in [0.25, 0.3) is 10.8 Å². The van der Waals surface area contributed by atoms with Crippen molar-refractivity contribution in [2.75, 3.05) is 19.6 Å². The SMILES string of the molecule is O[C@@H]1CN(C[C@H](O)c2cccc3ccccc23)C[C@H]1n1ccnn1. The molecule has 0 unspecified atom stereocenters. The molecule has 1 fully saturated rings. The van der Waals surface area contributed by atoms with E-state index in [1.165, 1.54) is 0 Å². The van der Waals surface area contributed by atoms with Gasteiger partial charge in [0, 0.05) is 25.8 Å². The highest BCUT2D eigenvalue weighted by Gasteiger charge is 2.34. The van der Waals surface area contributed by atoms with Gasteiger partial charge in [0.1, 0.15) is 0 Å². The lowest BCUT2D eigenvalue weighted by Gasteiger charge is -2.21. The minimum absolute atomic E-state index is 0.118. The van der Waals surface area contributed by atoms with Gasteiger partial charge >= 0.3 is 0 Å². The van der Waals surface area contributed by atoms with E-state index in [2.05, 4.69) is 15.2 Å². The highest BCUT2D eigenvalue weighted by Crippen LogP contribution is 2.27. The van der Waals surface area contributed by atoms with Crippen LogP contribution >= 0.6 is 0 Å². The molecule has 4 rings (SSSR count). The summed E-state index contributed by atoms with van der Waals surface area (Å²) in [6, 6.07) is 13.9. The molecule has 2 aromatic carbocycles. The predicted molar refractivity (Wildman–Crippen MR) is 90.4 cm³/mol. The van der Waals surface area contributed by atoms with Gasteiger partial charge in [-0.2, -0.15) is 0 Å². The fraction of sp³-hybridized carbons (Fsp3) is 0.333. The van der Waals surface area contributed by atoms with E-state index in [0.717, 1.165) is 16.3 Å². The molecule has 2 N–H and O–H groups in total. The van der Waals surface area contributed by atoms with Crippen molar-refractivity contribution in [1.82, 2.24) is 19.9 Å². The molecule has 1 saturated heterocycles. The lowest BCUT2D eigenvalue weighted by Crippen LogP contribution is -2.27. The molecule has 0 bridgehead atoms. The molecular weight excluding hydrogens is 304 g/mol. The van der Waals surface area contributed by atoms with Gasteiger partial charge in [0.05, 0.1) is 24.4 Å². The first kappa shape index (κ1) is 15.3. The highest BCUT2D eigenvalue weighted by molar-refractivity contribution is 5.85. The van der Waals surface area contributed by atoms with E-state index in [1.807, 2.05) is 42.5 Å². The Bertz CT molecular complexity index is 816. The topological polar surface area (TPSA) is 74.4 Å². The summed E-state index contributed by atoms with van der Waals surface area (Å²) in [6.45, 7) is 1.65. The monoisotopic (exact) mass is 324 g/mol. The van der Waals surface area contributed by atoms with Gasteiger partial charge in [-0.05, 0) is 16.3 Å². The Hall–Kier alpha value is -2.28. The fourth-order valence-corrected chi connectivity index (χ4v) is 3.53. The van der Waals surface area contributed by atoms with Crippen molar-refractivity contribution in [2.24, 2.45) is 0 Å². The molecule has 6 heteroatoms. The van der Waals surface area contributed by atoms with Gasteiger partial charge in [0.2, 0.25) is 0 Å². The third kappa shape index (κ3) is 2.80. The molecule has 1 aromatic heterocycles. The van der Waals surface area contributed by atoms with E-state index in [9.17, 15) is 10.2 Å². The van der Waals surface area contributed by atoms with Crippen LogP contribution in [0, 0.1) is 0 Å². The van der Waals surface area contributed by atoms with Crippen molar-refractivity contribution in [3.8, 4) is 0 Å². The molecule has 1 aliphatic heterocycles. The molecule has 0 amide bonds. The number of nitrogens with zero attached hydrogens (tertiary/aromatic N) is 4. The number of fused-ring (bicyclic) bond motifs is 1. The molecule has 6 nitrogen and oxygen atoms in total. The molecule has 0 saturated carbocycles. The number of benzene rings is 2. The van der Waals surface area contributed by atoms with Gasteiger partial charge in [-0.15, -0.1) is 5.10 Å². The van der Waals surface area contributed by atoms with Crippen molar-refractivity contribution in [1.29, 1.82) is 0 Å². The molecule has 0 aliphatic carbocycles. The van der Waals surface area contributed by atoms with Crippen molar-refractivity contribution >= 4 is 10.8 Å². The third-order valence-corrected chi connectivity index (χ3v) is 4.73. The first-order valence-corrected chi connectivity index (χ1v) is 8.14. The normalized spacial score (nSPS) is 22.9. The lowest BCUT2D eigenvalue weighted by molar-refractivity contribution is 0.112. The average molecular weight is 324 g/mol.